The molecular weight excluding hydrogens is 248 g/mol. The monoisotopic (exact) mass is 276 g/mol. The number of rotatable bonds is 6. The summed E-state index contributed by atoms with van der Waals surface area (Å²) in [5.74, 6) is 0. The van der Waals surface area contributed by atoms with Crippen LogP contribution in [0.15, 0.2) is 30.3 Å². The van der Waals surface area contributed by atoms with Crippen molar-refractivity contribution in [2.24, 2.45) is 5.73 Å². The van der Waals surface area contributed by atoms with Gasteiger partial charge in [0.05, 0.1) is 12.1 Å². The predicted molar refractivity (Wildman–Crippen MR) is 83.5 cm³/mol. The Balaban J connectivity index is 2.10. The second-order valence-electron chi connectivity index (χ2n) is 6.04. The molecule has 0 radical (unpaired) electrons. The number of hydrogen-bond donors (Lipinski definition) is 2. The zero-order valence-corrected chi connectivity index (χ0v) is 12.6. The molecule has 1 aromatic carbocycles. The molecule has 1 aromatic rings. The van der Waals surface area contributed by atoms with Gasteiger partial charge in [-0.3, -0.25) is 4.90 Å². The largest absolute Gasteiger partial charge is 0.394 e. The highest BCUT2D eigenvalue weighted by Gasteiger charge is 2.31. The molecule has 1 fully saturated rings. The molecule has 0 aliphatic heterocycles. The summed E-state index contributed by atoms with van der Waals surface area (Å²) < 4.78 is 0. The maximum absolute atomic E-state index is 9.83. The van der Waals surface area contributed by atoms with Gasteiger partial charge in [-0.25, -0.2) is 0 Å². The summed E-state index contributed by atoms with van der Waals surface area (Å²) in [6.07, 6.45) is 6.54. The first-order chi connectivity index (χ1) is 9.69. The lowest BCUT2D eigenvalue weighted by Crippen LogP contribution is -2.53. The van der Waals surface area contributed by atoms with E-state index in [0.717, 1.165) is 18.7 Å². The molecule has 3 N–H and O–H groups in total. The van der Waals surface area contributed by atoms with Crippen molar-refractivity contribution in [2.75, 3.05) is 19.7 Å². The summed E-state index contributed by atoms with van der Waals surface area (Å²) in [6.45, 7) is 3.91. The second-order valence-corrected chi connectivity index (χ2v) is 6.04. The zero-order chi connectivity index (χ0) is 14.4. The van der Waals surface area contributed by atoms with Gasteiger partial charge in [-0.05, 0) is 24.9 Å². The standard InChI is InChI=1S/C17H28N2O/c1-2-19(16-11-7-4-8-12-16)13-17(18,14-20)15-9-5-3-6-10-15/h3,5-6,9-10,16,20H,2,4,7-8,11-14,18H2,1H3. The summed E-state index contributed by atoms with van der Waals surface area (Å²) in [7, 11) is 0. The van der Waals surface area contributed by atoms with E-state index in [0.29, 0.717) is 6.04 Å². The first-order valence-corrected chi connectivity index (χ1v) is 7.89. The Kier molecular flexibility index (Phi) is 5.58. The molecule has 1 unspecified atom stereocenters. The number of hydrogen-bond acceptors (Lipinski definition) is 3. The summed E-state index contributed by atoms with van der Waals surface area (Å²) in [4.78, 5) is 2.46. The van der Waals surface area contributed by atoms with Gasteiger partial charge in [0.15, 0.2) is 0 Å². The molecule has 20 heavy (non-hydrogen) atoms. The molecular formula is C17H28N2O. The SMILES string of the molecule is CCN(CC(N)(CO)c1ccccc1)C1CCCCC1. The van der Waals surface area contributed by atoms with Gasteiger partial charge >= 0.3 is 0 Å². The summed E-state index contributed by atoms with van der Waals surface area (Å²) in [6, 6.07) is 10.6. The van der Waals surface area contributed by atoms with Crippen LogP contribution in [0.5, 0.6) is 0 Å². The molecule has 0 heterocycles. The van der Waals surface area contributed by atoms with Crippen LogP contribution in [0.4, 0.5) is 0 Å². The highest BCUT2D eigenvalue weighted by Crippen LogP contribution is 2.26. The van der Waals surface area contributed by atoms with Crippen LogP contribution in [-0.2, 0) is 5.54 Å². The van der Waals surface area contributed by atoms with E-state index in [4.69, 9.17) is 5.73 Å². The van der Waals surface area contributed by atoms with Crippen molar-refractivity contribution < 1.29 is 5.11 Å². The Morgan fingerprint density at radius 2 is 1.85 bits per heavy atom. The molecule has 1 atom stereocenters. The van der Waals surface area contributed by atoms with Gasteiger partial charge in [-0.2, -0.15) is 0 Å². The third-order valence-electron chi connectivity index (χ3n) is 4.61. The number of aliphatic hydroxyl groups is 1. The van der Waals surface area contributed by atoms with Crippen molar-refractivity contribution in [3.05, 3.63) is 35.9 Å². The topological polar surface area (TPSA) is 49.5 Å². The first kappa shape index (κ1) is 15.5. The van der Waals surface area contributed by atoms with E-state index in [1.807, 2.05) is 30.3 Å². The Bertz CT molecular complexity index is 389. The van der Waals surface area contributed by atoms with Gasteiger partial charge in [0.1, 0.15) is 0 Å². The molecule has 3 heteroatoms. The molecule has 0 bridgehead atoms. The zero-order valence-electron chi connectivity index (χ0n) is 12.6. The molecule has 0 amide bonds. The van der Waals surface area contributed by atoms with Crippen LogP contribution in [0.25, 0.3) is 0 Å². The fourth-order valence-electron chi connectivity index (χ4n) is 3.31. The fourth-order valence-corrected chi connectivity index (χ4v) is 3.31. The van der Waals surface area contributed by atoms with Crippen LogP contribution in [0.2, 0.25) is 0 Å². The second kappa shape index (κ2) is 7.21. The number of benzene rings is 1. The van der Waals surface area contributed by atoms with Gasteiger partial charge in [-0.15, -0.1) is 0 Å². The average molecular weight is 276 g/mol. The fraction of sp³-hybridized carbons (Fsp3) is 0.647. The quantitative estimate of drug-likeness (QED) is 0.839. The Hall–Kier alpha value is -0.900. The normalized spacial score (nSPS) is 20.0. The highest BCUT2D eigenvalue weighted by atomic mass is 16.3. The van der Waals surface area contributed by atoms with Crippen molar-refractivity contribution in [3.63, 3.8) is 0 Å². The average Bonchev–Trinajstić information content (AvgIpc) is 2.54. The van der Waals surface area contributed by atoms with E-state index >= 15 is 0 Å². The Morgan fingerprint density at radius 3 is 2.40 bits per heavy atom. The number of nitrogens with two attached hydrogens (primary N) is 1. The van der Waals surface area contributed by atoms with Crippen LogP contribution in [0.3, 0.4) is 0 Å². The number of nitrogens with zero attached hydrogens (tertiary/aromatic N) is 1. The third-order valence-corrected chi connectivity index (χ3v) is 4.61. The van der Waals surface area contributed by atoms with Crippen molar-refractivity contribution in [1.82, 2.24) is 4.90 Å². The van der Waals surface area contributed by atoms with E-state index in [-0.39, 0.29) is 6.61 Å². The van der Waals surface area contributed by atoms with Crippen LogP contribution < -0.4 is 5.73 Å². The van der Waals surface area contributed by atoms with Crippen LogP contribution >= 0.6 is 0 Å². The van der Waals surface area contributed by atoms with Crippen LogP contribution in [0.1, 0.15) is 44.6 Å². The predicted octanol–water partition coefficient (Wildman–Crippen LogP) is 2.49. The first-order valence-electron chi connectivity index (χ1n) is 7.89. The minimum atomic E-state index is -0.658. The van der Waals surface area contributed by atoms with Crippen molar-refractivity contribution in [1.29, 1.82) is 0 Å². The molecule has 2 rings (SSSR count). The third kappa shape index (κ3) is 3.60. The number of likely N-dealkylation sites (N-methyl/N-ethyl adjacent to an activating group) is 1. The van der Waals surface area contributed by atoms with Gasteiger partial charge in [-0.1, -0.05) is 56.5 Å². The molecule has 0 spiro atoms. The summed E-state index contributed by atoms with van der Waals surface area (Å²) in [5, 5.41) is 9.83. The lowest BCUT2D eigenvalue weighted by Gasteiger charge is -2.39. The van der Waals surface area contributed by atoms with Gasteiger partial charge in [0, 0.05) is 12.6 Å². The minimum Gasteiger partial charge on any atom is -0.394 e. The van der Waals surface area contributed by atoms with Gasteiger partial charge in [0.25, 0.3) is 0 Å². The molecule has 112 valence electrons. The molecule has 1 saturated carbocycles. The van der Waals surface area contributed by atoms with Gasteiger partial charge < -0.3 is 10.8 Å². The Labute approximate surface area is 122 Å². The summed E-state index contributed by atoms with van der Waals surface area (Å²) >= 11 is 0. The molecule has 1 aliphatic rings. The van der Waals surface area contributed by atoms with E-state index in [9.17, 15) is 5.11 Å². The van der Waals surface area contributed by atoms with E-state index in [2.05, 4.69) is 11.8 Å². The molecule has 1 aliphatic carbocycles. The van der Waals surface area contributed by atoms with Crippen molar-refractivity contribution >= 4 is 0 Å². The van der Waals surface area contributed by atoms with Crippen LogP contribution in [-0.4, -0.2) is 35.7 Å². The number of aliphatic hydroxyl groups excluding tert-OH is 1. The maximum atomic E-state index is 9.83. The Morgan fingerprint density at radius 1 is 1.20 bits per heavy atom. The highest BCUT2D eigenvalue weighted by molar-refractivity contribution is 5.24. The van der Waals surface area contributed by atoms with E-state index in [1.54, 1.807) is 0 Å². The molecule has 3 nitrogen and oxygen atoms in total. The van der Waals surface area contributed by atoms with E-state index in [1.165, 1.54) is 32.1 Å². The van der Waals surface area contributed by atoms with Crippen molar-refractivity contribution in [2.45, 2.75) is 50.6 Å². The van der Waals surface area contributed by atoms with Gasteiger partial charge in [0.2, 0.25) is 0 Å². The maximum Gasteiger partial charge on any atom is 0.0773 e. The van der Waals surface area contributed by atoms with Crippen LogP contribution in [0, 0.1) is 0 Å². The van der Waals surface area contributed by atoms with E-state index < -0.39 is 5.54 Å². The summed E-state index contributed by atoms with van der Waals surface area (Å²) in [5.41, 5.74) is 6.88. The lowest BCUT2D eigenvalue weighted by molar-refractivity contribution is 0.0941. The molecule has 0 saturated heterocycles. The smallest absolute Gasteiger partial charge is 0.0773 e. The van der Waals surface area contributed by atoms with Crippen molar-refractivity contribution in [3.8, 4) is 0 Å². The lowest BCUT2D eigenvalue weighted by atomic mass is 9.88. The minimum absolute atomic E-state index is 0.0137. The molecule has 0 aromatic heterocycles.